The van der Waals surface area contributed by atoms with E-state index >= 15 is 0 Å². The molecule has 0 aliphatic rings. The van der Waals surface area contributed by atoms with Crippen LogP contribution < -0.4 is 5.32 Å². The number of hydrogen-bond donors (Lipinski definition) is 1. The first-order chi connectivity index (χ1) is 7.81. The number of thiophene rings is 1. The van der Waals surface area contributed by atoms with Gasteiger partial charge in [0.15, 0.2) is 0 Å². The predicted molar refractivity (Wildman–Crippen MR) is 69.1 cm³/mol. The fourth-order valence-corrected chi connectivity index (χ4v) is 2.96. The van der Waals surface area contributed by atoms with E-state index in [2.05, 4.69) is 40.0 Å². The molecular formula is C11H15N3S2. The van der Waals surface area contributed by atoms with Crippen molar-refractivity contribution in [2.24, 2.45) is 0 Å². The van der Waals surface area contributed by atoms with Gasteiger partial charge in [-0.3, -0.25) is 0 Å². The smallest absolute Gasteiger partial charge is 0.0965 e. The molecule has 0 saturated carbocycles. The van der Waals surface area contributed by atoms with Crippen LogP contribution in [0.4, 0.5) is 0 Å². The van der Waals surface area contributed by atoms with Gasteiger partial charge in [0.25, 0.3) is 0 Å². The quantitative estimate of drug-likeness (QED) is 0.890. The van der Waals surface area contributed by atoms with Crippen LogP contribution in [0.1, 0.15) is 34.8 Å². The van der Waals surface area contributed by atoms with Crippen molar-refractivity contribution in [2.45, 2.75) is 26.3 Å². The average Bonchev–Trinajstić information content (AvgIpc) is 2.91. The maximum absolute atomic E-state index is 4.33. The fourth-order valence-electron chi connectivity index (χ4n) is 1.55. The Morgan fingerprint density at radius 3 is 2.88 bits per heavy atom. The molecule has 2 aromatic rings. The summed E-state index contributed by atoms with van der Waals surface area (Å²) < 4.78 is 8.41. The maximum Gasteiger partial charge on any atom is 0.0965 e. The lowest BCUT2D eigenvalue weighted by atomic mass is 10.2. The number of nitrogens with zero attached hydrogens (tertiary/aromatic N) is 2. The van der Waals surface area contributed by atoms with Crippen LogP contribution in [0.3, 0.4) is 0 Å². The minimum atomic E-state index is 0.206. The molecule has 5 heteroatoms. The van der Waals surface area contributed by atoms with Gasteiger partial charge < -0.3 is 5.32 Å². The maximum atomic E-state index is 4.33. The first kappa shape index (κ1) is 11.7. The number of aromatic nitrogens is 2. The van der Waals surface area contributed by atoms with Crippen LogP contribution in [0.2, 0.25) is 0 Å². The highest BCUT2D eigenvalue weighted by Crippen LogP contribution is 2.27. The molecule has 0 fully saturated rings. The highest BCUT2D eigenvalue weighted by Gasteiger charge is 2.17. The van der Waals surface area contributed by atoms with Gasteiger partial charge in [0.1, 0.15) is 0 Å². The normalized spacial score (nSPS) is 12.9. The third-order valence-electron chi connectivity index (χ3n) is 2.32. The van der Waals surface area contributed by atoms with Crippen LogP contribution >= 0.6 is 23.1 Å². The van der Waals surface area contributed by atoms with E-state index in [1.54, 1.807) is 0 Å². The summed E-state index contributed by atoms with van der Waals surface area (Å²) in [7, 11) is 0. The summed E-state index contributed by atoms with van der Waals surface area (Å²) in [5.41, 5.74) is 1.03. The lowest BCUT2D eigenvalue weighted by Gasteiger charge is -2.13. The van der Waals surface area contributed by atoms with E-state index in [-0.39, 0.29) is 6.04 Å². The van der Waals surface area contributed by atoms with E-state index in [1.807, 2.05) is 17.5 Å². The van der Waals surface area contributed by atoms with Crippen molar-refractivity contribution in [1.29, 1.82) is 0 Å². The summed E-state index contributed by atoms with van der Waals surface area (Å²) in [6, 6.07) is 4.53. The number of aryl methyl sites for hydroxylation is 1. The van der Waals surface area contributed by atoms with Crippen molar-refractivity contribution in [1.82, 2.24) is 14.1 Å². The Labute approximate surface area is 104 Å². The van der Waals surface area contributed by atoms with Gasteiger partial charge in [0, 0.05) is 9.75 Å². The monoisotopic (exact) mass is 253 g/mol. The molecule has 0 aliphatic carbocycles. The van der Waals surface area contributed by atoms with Gasteiger partial charge >= 0.3 is 0 Å². The number of hydrogen-bond acceptors (Lipinski definition) is 5. The van der Waals surface area contributed by atoms with Gasteiger partial charge in [-0.05, 0) is 32.0 Å². The predicted octanol–water partition coefficient (Wildman–Crippen LogP) is 3.00. The minimum Gasteiger partial charge on any atom is -0.304 e. The molecule has 0 spiro atoms. The minimum absolute atomic E-state index is 0.206. The van der Waals surface area contributed by atoms with Crippen molar-refractivity contribution in [3.8, 4) is 0 Å². The first-order valence-corrected chi connectivity index (χ1v) is 6.93. The summed E-state index contributed by atoms with van der Waals surface area (Å²) in [5, 5.41) is 3.52. The van der Waals surface area contributed by atoms with Crippen molar-refractivity contribution < 1.29 is 0 Å². The Kier molecular flexibility index (Phi) is 4.04. The second-order valence-electron chi connectivity index (χ2n) is 3.67. The Hall–Kier alpha value is -0.780. The highest BCUT2D eigenvalue weighted by molar-refractivity contribution is 7.12. The van der Waals surface area contributed by atoms with Crippen LogP contribution in [0.5, 0.6) is 0 Å². The second-order valence-corrected chi connectivity index (χ2v) is 5.54. The summed E-state index contributed by atoms with van der Waals surface area (Å²) in [5.74, 6) is 0. The lowest BCUT2D eigenvalue weighted by molar-refractivity contribution is 0.597. The lowest BCUT2D eigenvalue weighted by Crippen LogP contribution is -2.22. The molecular weight excluding hydrogens is 238 g/mol. The topological polar surface area (TPSA) is 37.8 Å². The molecule has 86 valence electrons. The van der Waals surface area contributed by atoms with E-state index in [0.29, 0.717) is 0 Å². The Morgan fingerprint density at radius 2 is 2.31 bits per heavy atom. The van der Waals surface area contributed by atoms with Crippen molar-refractivity contribution in [2.75, 3.05) is 6.54 Å². The fraction of sp³-hybridized carbons (Fsp3) is 0.455. The molecule has 2 heterocycles. The molecule has 1 unspecified atom stereocenters. The summed E-state index contributed by atoms with van der Waals surface area (Å²) in [6.45, 7) is 5.30. The second kappa shape index (κ2) is 5.52. The highest BCUT2D eigenvalue weighted by atomic mass is 32.1. The van der Waals surface area contributed by atoms with Crippen LogP contribution in [0, 0.1) is 6.92 Å². The molecule has 0 aliphatic heterocycles. The van der Waals surface area contributed by atoms with Gasteiger partial charge in [-0.15, -0.1) is 11.3 Å². The molecule has 0 radical (unpaired) electrons. The van der Waals surface area contributed by atoms with Crippen LogP contribution in [0.25, 0.3) is 0 Å². The van der Waals surface area contributed by atoms with Crippen molar-refractivity contribution in [3.05, 3.63) is 33.8 Å². The van der Waals surface area contributed by atoms with E-state index < -0.39 is 0 Å². The van der Waals surface area contributed by atoms with Gasteiger partial charge in [-0.25, -0.2) is 0 Å². The molecule has 1 N–H and O–H groups in total. The molecule has 2 rings (SSSR count). The Balaban J connectivity index is 2.21. The summed E-state index contributed by atoms with van der Waals surface area (Å²) in [6.07, 6.45) is 2.98. The SMILES string of the molecule is CCCNC(c1cnsn1)c1ccc(C)s1. The van der Waals surface area contributed by atoms with E-state index in [0.717, 1.165) is 18.7 Å². The van der Waals surface area contributed by atoms with Gasteiger partial charge in [-0.2, -0.15) is 8.75 Å². The van der Waals surface area contributed by atoms with E-state index in [4.69, 9.17) is 0 Å². The first-order valence-electron chi connectivity index (χ1n) is 5.38. The molecule has 2 aromatic heterocycles. The van der Waals surface area contributed by atoms with E-state index in [1.165, 1.54) is 21.5 Å². The van der Waals surface area contributed by atoms with Gasteiger partial charge in [0.05, 0.1) is 29.7 Å². The zero-order chi connectivity index (χ0) is 11.4. The molecule has 16 heavy (non-hydrogen) atoms. The van der Waals surface area contributed by atoms with Crippen LogP contribution in [-0.2, 0) is 0 Å². The molecule has 0 bridgehead atoms. The standard InChI is InChI=1S/C11H15N3S2/c1-3-6-12-11(9-7-13-16-14-9)10-5-4-8(2)15-10/h4-5,7,11-12H,3,6H2,1-2H3. The summed E-state index contributed by atoms with van der Waals surface area (Å²) in [4.78, 5) is 2.65. The molecule has 1 atom stereocenters. The molecule has 3 nitrogen and oxygen atoms in total. The average molecular weight is 253 g/mol. The van der Waals surface area contributed by atoms with Crippen molar-refractivity contribution >= 4 is 23.1 Å². The number of rotatable bonds is 5. The summed E-state index contributed by atoms with van der Waals surface area (Å²) >= 11 is 3.09. The third kappa shape index (κ3) is 2.66. The third-order valence-corrected chi connectivity index (χ3v) is 3.88. The van der Waals surface area contributed by atoms with Crippen LogP contribution in [-0.4, -0.2) is 15.3 Å². The van der Waals surface area contributed by atoms with Crippen molar-refractivity contribution in [3.63, 3.8) is 0 Å². The molecule has 0 aromatic carbocycles. The molecule has 0 saturated heterocycles. The zero-order valence-corrected chi connectivity index (χ0v) is 11.1. The van der Waals surface area contributed by atoms with Gasteiger partial charge in [-0.1, -0.05) is 6.92 Å². The Bertz CT molecular complexity index is 422. The zero-order valence-electron chi connectivity index (χ0n) is 9.43. The van der Waals surface area contributed by atoms with E-state index in [9.17, 15) is 0 Å². The molecule has 0 amide bonds. The Morgan fingerprint density at radius 1 is 1.44 bits per heavy atom. The van der Waals surface area contributed by atoms with Gasteiger partial charge in [0.2, 0.25) is 0 Å². The number of nitrogens with one attached hydrogen (secondary N) is 1. The van der Waals surface area contributed by atoms with Crippen LogP contribution in [0.15, 0.2) is 18.3 Å². The largest absolute Gasteiger partial charge is 0.304 e.